The van der Waals surface area contributed by atoms with Crippen LogP contribution in [0.25, 0.3) is 0 Å². The average molecular weight is 366 g/mol. The molecule has 0 aliphatic carbocycles. The smallest absolute Gasteiger partial charge is 0.216 e. The molecule has 3 rings (SSSR count). The second kappa shape index (κ2) is 8.10. The van der Waals surface area contributed by atoms with Gasteiger partial charge in [0.05, 0.1) is 13.3 Å². The summed E-state index contributed by atoms with van der Waals surface area (Å²) in [5.41, 5.74) is 3.44. The van der Waals surface area contributed by atoms with E-state index < -0.39 is 0 Å². The van der Waals surface area contributed by atoms with E-state index in [-0.39, 0.29) is 0 Å². The number of rotatable bonds is 6. The molecule has 5 nitrogen and oxygen atoms in total. The fourth-order valence-corrected chi connectivity index (χ4v) is 2.77. The second-order valence-electron chi connectivity index (χ2n) is 6.35. The van der Waals surface area contributed by atoms with Crippen molar-refractivity contribution in [3.8, 4) is 5.75 Å². The summed E-state index contributed by atoms with van der Waals surface area (Å²) in [5, 5.41) is 11.6. The summed E-state index contributed by atoms with van der Waals surface area (Å²) >= 11 is 5.31. The lowest BCUT2D eigenvalue weighted by molar-refractivity contribution is 0.414. The summed E-state index contributed by atoms with van der Waals surface area (Å²) in [5.74, 6) is 2.10. The van der Waals surface area contributed by atoms with Crippen molar-refractivity contribution in [3.63, 3.8) is 0 Å². The standard InChI is InChI=1S/C20H22N4OS/c1-14(2)17-8-4-16(5-9-17)13-21-24-19(22-23-20(24)26)12-15-6-10-18(25-3)11-7-15/h4-11,13-14H,12H2,1-3H3,(H,23,26)/b21-13-. The molecule has 0 fully saturated rings. The van der Waals surface area contributed by atoms with Gasteiger partial charge in [0, 0.05) is 6.42 Å². The molecular weight excluding hydrogens is 344 g/mol. The molecule has 1 N–H and O–H groups in total. The number of benzene rings is 2. The molecule has 0 aliphatic rings. The molecule has 0 radical (unpaired) electrons. The summed E-state index contributed by atoms with van der Waals surface area (Å²) < 4.78 is 7.33. The van der Waals surface area contributed by atoms with E-state index in [0.29, 0.717) is 17.1 Å². The van der Waals surface area contributed by atoms with E-state index in [4.69, 9.17) is 17.0 Å². The Kier molecular flexibility index (Phi) is 5.63. The first-order valence-corrected chi connectivity index (χ1v) is 8.91. The highest BCUT2D eigenvalue weighted by molar-refractivity contribution is 7.71. The van der Waals surface area contributed by atoms with E-state index in [0.717, 1.165) is 22.7 Å². The molecule has 0 bridgehead atoms. The van der Waals surface area contributed by atoms with E-state index in [1.165, 1.54) is 5.56 Å². The monoisotopic (exact) mass is 366 g/mol. The molecule has 1 aromatic heterocycles. The third-order valence-electron chi connectivity index (χ3n) is 4.16. The molecular formula is C20H22N4OS. The van der Waals surface area contributed by atoms with Crippen LogP contribution in [0.15, 0.2) is 53.6 Å². The van der Waals surface area contributed by atoms with Gasteiger partial charge in [0.1, 0.15) is 5.75 Å². The Morgan fingerprint density at radius 2 is 1.85 bits per heavy atom. The zero-order valence-electron chi connectivity index (χ0n) is 15.1. The Morgan fingerprint density at radius 3 is 2.46 bits per heavy atom. The fraction of sp³-hybridized carbons (Fsp3) is 0.250. The predicted molar refractivity (Wildman–Crippen MR) is 107 cm³/mol. The van der Waals surface area contributed by atoms with Crippen LogP contribution < -0.4 is 4.74 Å². The van der Waals surface area contributed by atoms with Crippen molar-refractivity contribution in [3.05, 3.63) is 75.8 Å². The van der Waals surface area contributed by atoms with Crippen molar-refractivity contribution in [1.82, 2.24) is 14.9 Å². The zero-order chi connectivity index (χ0) is 18.5. The van der Waals surface area contributed by atoms with Gasteiger partial charge in [-0.3, -0.25) is 5.10 Å². The van der Waals surface area contributed by atoms with E-state index >= 15 is 0 Å². The molecule has 3 aromatic rings. The number of nitrogens with zero attached hydrogens (tertiary/aromatic N) is 3. The van der Waals surface area contributed by atoms with Gasteiger partial charge in [-0.15, -0.1) is 0 Å². The minimum Gasteiger partial charge on any atom is -0.497 e. The molecule has 26 heavy (non-hydrogen) atoms. The molecule has 0 aliphatic heterocycles. The lowest BCUT2D eigenvalue weighted by Gasteiger charge is -2.05. The molecule has 134 valence electrons. The van der Waals surface area contributed by atoms with Crippen LogP contribution >= 0.6 is 12.2 Å². The maximum Gasteiger partial charge on any atom is 0.216 e. The van der Waals surface area contributed by atoms with E-state index in [2.05, 4.69) is 53.4 Å². The zero-order valence-corrected chi connectivity index (χ0v) is 16.0. The molecule has 1 heterocycles. The highest BCUT2D eigenvalue weighted by atomic mass is 32.1. The summed E-state index contributed by atoms with van der Waals surface area (Å²) in [4.78, 5) is 0. The fourth-order valence-electron chi connectivity index (χ4n) is 2.58. The number of aromatic amines is 1. The Morgan fingerprint density at radius 1 is 1.15 bits per heavy atom. The molecule has 0 spiro atoms. The number of aromatic nitrogens is 3. The number of ether oxygens (including phenoxy) is 1. The highest BCUT2D eigenvalue weighted by Gasteiger charge is 2.07. The number of nitrogens with one attached hydrogen (secondary N) is 1. The minimum absolute atomic E-state index is 0.476. The maximum atomic E-state index is 5.31. The van der Waals surface area contributed by atoms with Crippen LogP contribution in [0.5, 0.6) is 5.75 Å². The van der Waals surface area contributed by atoms with Crippen LogP contribution in [-0.2, 0) is 6.42 Å². The van der Waals surface area contributed by atoms with Gasteiger partial charge in [-0.1, -0.05) is 50.2 Å². The Hall–Kier alpha value is -2.73. The Labute approximate surface area is 158 Å². The SMILES string of the molecule is COc1ccc(Cc2n[nH]c(=S)n2/N=C\c2ccc(C(C)C)cc2)cc1. The quantitative estimate of drug-likeness (QED) is 0.514. The molecule has 0 saturated carbocycles. The van der Waals surface area contributed by atoms with E-state index in [1.807, 2.05) is 24.3 Å². The van der Waals surface area contributed by atoms with E-state index in [1.54, 1.807) is 18.0 Å². The van der Waals surface area contributed by atoms with Crippen LogP contribution in [0.3, 0.4) is 0 Å². The van der Waals surface area contributed by atoms with Crippen LogP contribution in [0.1, 0.15) is 42.3 Å². The average Bonchev–Trinajstić information content (AvgIpc) is 3.00. The van der Waals surface area contributed by atoms with Crippen molar-refractivity contribution in [2.24, 2.45) is 5.10 Å². The van der Waals surface area contributed by atoms with Crippen molar-refractivity contribution in [2.75, 3.05) is 7.11 Å². The van der Waals surface area contributed by atoms with Gasteiger partial charge >= 0.3 is 0 Å². The van der Waals surface area contributed by atoms with Crippen molar-refractivity contribution in [2.45, 2.75) is 26.2 Å². The van der Waals surface area contributed by atoms with Gasteiger partial charge < -0.3 is 4.74 Å². The van der Waals surface area contributed by atoms with Gasteiger partial charge in [-0.05, 0) is 47.0 Å². The van der Waals surface area contributed by atoms with Gasteiger partial charge in [0.25, 0.3) is 0 Å². The Balaban J connectivity index is 1.79. The number of H-pyrrole nitrogens is 1. The molecule has 0 amide bonds. The first kappa shape index (κ1) is 18.1. The third-order valence-corrected chi connectivity index (χ3v) is 4.43. The van der Waals surface area contributed by atoms with Gasteiger partial charge in [-0.25, -0.2) is 0 Å². The second-order valence-corrected chi connectivity index (χ2v) is 6.73. The molecule has 0 atom stereocenters. The maximum absolute atomic E-state index is 5.31. The lowest BCUT2D eigenvalue weighted by Crippen LogP contribution is -2.00. The van der Waals surface area contributed by atoms with Crippen molar-refractivity contribution >= 4 is 18.4 Å². The first-order valence-electron chi connectivity index (χ1n) is 8.50. The molecule has 2 aromatic carbocycles. The number of hydrogen-bond acceptors (Lipinski definition) is 4. The third kappa shape index (κ3) is 4.26. The predicted octanol–water partition coefficient (Wildman–Crippen LogP) is 4.55. The molecule has 0 saturated heterocycles. The Bertz CT molecular complexity index is 937. The normalized spacial score (nSPS) is 11.4. The number of methoxy groups -OCH3 is 1. The van der Waals surface area contributed by atoms with Crippen LogP contribution in [0.4, 0.5) is 0 Å². The van der Waals surface area contributed by atoms with Crippen molar-refractivity contribution in [1.29, 1.82) is 0 Å². The summed E-state index contributed by atoms with van der Waals surface area (Å²) in [6.45, 7) is 4.36. The van der Waals surface area contributed by atoms with Crippen LogP contribution in [0.2, 0.25) is 0 Å². The topological polar surface area (TPSA) is 55.2 Å². The van der Waals surface area contributed by atoms with Crippen LogP contribution in [-0.4, -0.2) is 28.2 Å². The van der Waals surface area contributed by atoms with Gasteiger partial charge in [0.15, 0.2) is 5.82 Å². The first-order chi connectivity index (χ1) is 12.6. The van der Waals surface area contributed by atoms with E-state index in [9.17, 15) is 0 Å². The minimum atomic E-state index is 0.476. The van der Waals surface area contributed by atoms with Gasteiger partial charge in [0.2, 0.25) is 4.77 Å². The molecule has 0 unspecified atom stereocenters. The van der Waals surface area contributed by atoms with Crippen molar-refractivity contribution < 1.29 is 4.74 Å². The van der Waals surface area contributed by atoms with Gasteiger partial charge in [-0.2, -0.15) is 14.9 Å². The van der Waals surface area contributed by atoms with Crippen LogP contribution in [0, 0.1) is 4.77 Å². The number of hydrogen-bond donors (Lipinski definition) is 1. The highest BCUT2D eigenvalue weighted by Crippen LogP contribution is 2.15. The molecule has 6 heteroatoms. The summed E-state index contributed by atoms with van der Waals surface area (Å²) in [7, 11) is 1.66. The largest absolute Gasteiger partial charge is 0.497 e. The summed E-state index contributed by atoms with van der Waals surface area (Å²) in [6, 6.07) is 16.3. The lowest BCUT2D eigenvalue weighted by atomic mass is 10.0. The summed E-state index contributed by atoms with van der Waals surface area (Å²) in [6.07, 6.45) is 2.42.